The first-order valence-corrected chi connectivity index (χ1v) is 6.22. The summed E-state index contributed by atoms with van der Waals surface area (Å²) in [7, 11) is 0. The van der Waals surface area contributed by atoms with Gasteiger partial charge in [-0.1, -0.05) is 6.92 Å². The summed E-state index contributed by atoms with van der Waals surface area (Å²) in [6, 6.07) is 0. The summed E-state index contributed by atoms with van der Waals surface area (Å²) in [4.78, 5) is 0. The minimum Gasteiger partial charge on any atom is -0.160 e. The van der Waals surface area contributed by atoms with Gasteiger partial charge in [0, 0.05) is 5.75 Å². The predicted octanol–water partition coefficient (Wildman–Crippen LogP) is 2.65. The standard InChI is InChI=1S/C6H10S3/c1-2-3-7-4-6-5(8-6)9-6/h5H,2-4H2,1H3. The summed E-state index contributed by atoms with van der Waals surface area (Å²) in [6.07, 6.45) is 1.33. The number of thioether (sulfide) groups is 3. The van der Waals surface area contributed by atoms with E-state index < -0.39 is 0 Å². The quantitative estimate of drug-likeness (QED) is 0.480. The highest BCUT2D eigenvalue weighted by atomic mass is 32.3. The monoisotopic (exact) mass is 178 g/mol. The molecule has 0 unspecified atom stereocenters. The fourth-order valence-corrected chi connectivity index (χ4v) is 5.03. The zero-order chi connectivity index (χ0) is 6.32. The Balaban J connectivity index is 1.58. The Morgan fingerprint density at radius 3 is 2.67 bits per heavy atom. The van der Waals surface area contributed by atoms with Crippen LogP contribution in [0.3, 0.4) is 0 Å². The van der Waals surface area contributed by atoms with Crippen molar-refractivity contribution >= 4 is 35.3 Å². The molecule has 0 saturated carbocycles. The van der Waals surface area contributed by atoms with Gasteiger partial charge in [-0.3, -0.25) is 0 Å². The second-order valence-corrected chi connectivity index (χ2v) is 6.97. The maximum atomic E-state index is 2.25. The van der Waals surface area contributed by atoms with Crippen LogP contribution in [0.4, 0.5) is 0 Å². The number of rotatable bonds is 4. The third-order valence-electron chi connectivity index (χ3n) is 1.51. The molecule has 2 saturated heterocycles. The highest BCUT2D eigenvalue weighted by Gasteiger charge is 2.72. The van der Waals surface area contributed by atoms with E-state index in [0.29, 0.717) is 0 Å². The van der Waals surface area contributed by atoms with Gasteiger partial charge >= 0.3 is 0 Å². The normalized spacial score (nSPS) is 44.3. The van der Waals surface area contributed by atoms with Crippen LogP contribution in [0.1, 0.15) is 13.3 Å². The zero-order valence-electron chi connectivity index (χ0n) is 5.42. The lowest BCUT2D eigenvalue weighted by Crippen LogP contribution is -1.93. The molecular weight excluding hydrogens is 168 g/mol. The minimum atomic E-state index is 0.764. The molecule has 0 atom stereocenters. The van der Waals surface area contributed by atoms with Gasteiger partial charge in [-0.2, -0.15) is 11.8 Å². The minimum absolute atomic E-state index is 0.764. The first-order chi connectivity index (χ1) is 4.37. The summed E-state index contributed by atoms with van der Waals surface area (Å²) >= 11 is 6.44. The van der Waals surface area contributed by atoms with Crippen LogP contribution in [0.2, 0.25) is 0 Å². The van der Waals surface area contributed by atoms with E-state index in [1.165, 1.54) is 17.9 Å². The molecule has 2 rings (SSSR count). The molecule has 2 heterocycles. The number of fused-ring (bicyclic) bond motifs is 1. The fraction of sp³-hybridized carbons (Fsp3) is 1.00. The molecule has 3 heteroatoms. The van der Waals surface area contributed by atoms with E-state index in [1.807, 2.05) is 0 Å². The summed E-state index contributed by atoms with van der Waals surface area (Å²) in [5.41, 5.74) is 0. The molecule has 2 aliphatic heterocycles. The van der Waals surface area contributed by atoms with Crippen molar-refractivity contribution in [1.29, 1.82) is 0 Å². The van der Waals surface area contributed by atoms with Crippen molar-refractivity contribution in [1.82, 2.24) is 0 Å². The average molecular weight is 178 g/mol. The lowest BCUT2D eigenvalue weighted by molar-refractivity contribution is 1.10. The number of hydrogen-bond acceptors (Lipinski definition) is 3. The van der Waals surface area contributed by atoms with Gasteiger partial charge in [-0.05, 0) is 12.2 Å². The van der Waals surface area contributed by atoms with Gasteiger partial charge in [0.05, 0.1) is 8.66 Å². The van der Waals surface area contributed by atoms with E-state index >= 15 is 0 Å². The topological polar surface area (TPSA) is 0 Å². The molecule has 0 aromatic heterocycles. The third-order valence-corrected chi connectivity index (χ3v) is 6.97. The van der Waals surface area contributed by atoms with Crippen molar-refractivity contribution in [2.24, 2.45) is 0 Å². The van der Waals surface area contributed by atoms with Crippen LogP contribution in [-0.2, 0) is 0 Å². The Hall–Kier alpha value is 1.05. The molecular formula is C6H10S3. The first kappa shape index (κ1) is 6.74. The van der Waals surface area contributed by atoms with Crippen LogP contribution in [0, 0.1) is 0 Å². The van der Waals surface area contributed by atoms with Crippen molar-refractivity contribution in [3.63, 3.8) is 0 Å². The van der Waals surface area contributed by atoms with Crippen LogP contribution >= 0.6 is 35.3 Å². The lowest BCUT2D eigenvalue weighted by atomic mass is 10.6. The van der Waals surface area contributed by atoms with Gasteiger partial charge in [-0.15, -0.1) is 23.5 Å². The van der Waals surface area contributed by atoms with Gasteiger partial charge in [0.1, 0.15) is 0 Å². The van der Waals surface area contributed by atoms with Gasteiger partial charge < -0.3 is 0 Å². The summed E-state index contributed by atoms with van der Waals surface area (Å²) in [6.45, 7) is 2.25. The van der Waals surface area contributed by atoms with Crippen LogP contribution in [0.5, 0.6) is 0 Å². The van der Waals surface area contributed by atoms with E-state index in [0.717, 1.165) is 8.66 Å². The Morgan fingerprint density at radius 1 is 1.56 bits per heavy atom. The van der Waals surface area contributed by atoms with Crippen LogP contribution in [0.15, 0.2) is 0 Å². The molecule has 0 radical (unpaired) electrons. The van der Waals surface area contributed by atoms with Gasteiger partial charge in [0.25, 0.3) is 0 Å². The highest BCUT2D eigenvalue weighted by molar-refractivity contribution is 8.46. The molecule has 0 amide bonds. The molecule has 0 aliphatic carbocycles. The summed E-state index contributed by atoms with van der Waals surface area (Å²) in [5.74, 6) is 2.76. The van der Waals surface area contributed by atoms with E-state index in [-0.39, 0.29) is 0 Å². The van der Waals surface area contributed by atoms with Gasteiger partial charge in [0.2, 0.25) is 0 Å². The van der Waals surface area contributed by atoms with E-state index in [9.17, 15) is 0 Å². The molecule has 0 bridgehead atoms. The average Bonchev–Trinajstić information content (AvgIpc) is 2.54. The molecule has 0 aromatic rings. The molecule has 9 heavy (non-hydrogen) atoms. The zero-order valence-corrected chi connectivity index (χ0v) is 7.87. The van der Waals surface area contributed by atoms with Crippen molar-refractivity contribution in [2.75, 3.05) is 11.5 Å². The third kappa shape index (κ3) is 1.24. The Morgan fingerprint density at radius 2 is 2.22 bits per heavy atom. The Bertz CT molecular complexity index is 117. The molecule has 0 spiro atoms. The summed E-state index contributed by atoms with van der Waals surface area (Å²) < 4.78 is 1.79. The lowest BCUT2D eigenvalue weighted by Gasteiger charge is -1.98. The Kier molecular flexibility index (Phi) is 1.71. The maximum absolute atomic E-state index is 2.25. The van der Waals surface area contributed by atoms with E-state index in [1.54, 1.807) is 0 Å². The van der Waals surface area contributed by atoms with E-state index in [2.05, 4.69) is 42.2 Å². The van der Waals surface area contributed by atoms with Crippen molar-refractivity contribution < 1.29 is 0 Å². The second kappa shape index (κ2) is 2.28. The molecule has 0 nitrogen and oxygen atoms in total. The Labute approximate surface area is 68.9 Å². The smallest absolute Gasteiger partial charge is 0.0934 e. The second-order valence-electron chi connectivity index (χ2n) is 2.43. The molecule has 52 valence electrons. The first-order valence-electron chi connectivity index (χ1n) is 3.31. The summed E-state index contributed by atoms with van der Waals surface area (Å²) in [5, 5.41) is 0. The molecule has 2 aliphatic rings. The molecule has 0 N–H and O–H groups in total. The van der Waals surface area contributed by atoms with Gasteiger partial charge in [0.15, 0.2) is 0 Å². The van der Waals surface area contributed by atoms with Crippen molar-refractivity contribution in [2.45, 2.75) is 22.0 Å². The van der Waals surface area contributed by atoms with Crippen molar-refractivity contribution in [3.05, 3.63) is 0 Å². The maximum Gasteiger partial charge on any atom is 0.0934 e. The molecule has 2 fully saturated rings. The SMILES string of the molecule is CCCSCC12SC1S2. The van der Waals surface area contributed by atoms with Crippen LogP contribution < -0.4 is 0 Å². The van der Waals surface area contributed by atoms with Gasteiger partial charge in [-0.25, -0.2) is 0 Å². The predicted molar refractivity (Wildman–Crippen MR) is 49.3 cm³/mol. The van der Waals surface area contributed by atoms with Crippen LogP contribution in [0.25, 0.3) is 0 Å². The van der Waals surface area contributed by atoms with Crippen LogP contribution in [-0.4, -0.2) is 20.2 Å². The molecule has 0 aromatic carbocycles. The highest BCUT2D eigenvalue weighted by Crippen LogP contribution is 2.84. The number of hydrogen-bond donors (Lipinski definition) is 0. The largest absolute Gasteiger partial charge is 0.160 e. The fourth-order valence-electron chi connectivity index (χ4n) is 0.798. The van der Waals surface area contributed by atoms with Crippen molar-refractivity contribution in [3.8, 4) is 0 Å². The van der Waals surface area contributed by atoms with E-state index in [4.69, 9.17) is 0 Å².